The molecule has 2 amide bonds. The van der Waals surface area contributed by atoms with Crippen LogP contribution in [0.3, 0.4) is 0 Å². The van der Waals surface area contributed by atoms with E-state index in [0.29, 0.717) is 71.6 Å². The molecule has 2 fully saturated rings. The molecule has 2 aliphatic heterocycles. The summed E-state index contributed by atoms with van der Waals surface area (Å²) in [5.41, 5.74) is 1.99. The second kappa shape index (κ2) is 10.1. The Morgan fingerprint density at radius 1 is 1.15 bits per heavy atom. The van der Waals surface area contributed by atoms with E-state index in [0.717, 1.165) is 12.1 Å². The number of rotatable bonds is 5. The number of H-pyrrole nitrogens is 1. The lowest BCUT2D eigenvalue weighted by Gasteiger charge is -2.40. The summed E-state index contributed by atoms with van der Waals surface area (Å²) in [5, 5.41) is 3.63. The first-order valence-electron chi connectivity index (χ1n) is 13.3. The van der Waals surface area contributed by atoms with Crippen molar-refractivity contribution in [1.29, 1.82) is 0 Å². The smallest absolute Gasteiger partial charge is 0.358 e. The van der Waals surface area contributed by atoms with Crippen molar-refractivity contribution >= 4 is 44.9 Å². The standard InChI is InChI=1S/C26H28F3N9O2S/c1-14-12-35(9-10-36(14)21(40)13-38-16(3)30-15(2)34-38)24-22(33-25(41-24)26(27,28)29)23-31-18-7-6-17(11-19(18)32-23)37-8-4-5-20(37)39/h6-7,11,14H,4-5,8-10,12-13H2,1-3H3,(H,31,32)/t14-/m1/s1. The molecule has 5 heterocycles. The van der Waals surface area contributed by atoms with Crippen LogP contribution < -0.4 is 9.80 Å². The minimum atomic E-state index is -4.62. The van der Waals surface area contributed by atoms with Crippen LogP contribution in [0.2, 0.25) is 0 Å². The van der Waals surface area contributed by atoms with Crippen LogP contribution in [0.15, 0.2) is 18.2 Å². The summed E-state index contributed by atoms with van der Waals surface area (Å²) >= 11 is 0.572. The maximum atomic E-state index is 13.8. The number of piperazine rings is 1. The monoisotopic (exact) mass is 587 g/mol. The molecule has 15 heteroatoms. The van der Waals surface area contributed by atoms with Crippen LogP contribution in [0.5, 0.6) is 0 Å². The summed E-state index contributed by atoms with van der Waals surface area (Å²) in [5.74, 6) is 1.35. The fraction of sp³-hybridized carbons (Fsp3) is 0.462. The number of anilines is 2. The van der Waals surface area contributed by atoms with Gasteiger partial charge in [-0.15, -0.1) is 0 Å². The third-order valence-corrected chi connectivity index (χ3v) is 8.57. The Morgan fingerprint density at radius 2 is 1.95 bits per heavy atom. The lowest BCUT2D eigenvalue weighted by molar-refractivity contribution is -0.137. The minimum absolute atomic E-state index is 0.0407. The molecule has 41 heavy (non-hydrogen) atoms. The zero-order valence-electron chi connectivity index (χ0n) is 22.7. The fourth-order valence-corrected chi connectivity index (χ4v) is 6.41. The molecule has 216 valence electrons. The SMILES string of the molecule is Cc1nc(C)n(CC(=O)N2CCN(c3sc(C(F)(F)F)nc3-c3nc4ccc(N5CCCC5=O)cc4[nH]3)C[C@H]2C)n1. The molecule has 2 saturated heterocycles. The van der Waals surface area contributed by atoms with Gasteiger partial charge in [-0.25, -0.2) is 19.6 Å². The third-order valence-electron chi connectivity index (χ3n) is 7.41. The van der Waals surface area contributed by atoms with Gasteiger partial charge in [0.2, 0.25) is 16.8 Å². The maximum absolute atomic E-state index is 13.8. The highest BCUT2D eigenvalue weighted by atomic mass is 32.1. The number of carbonyl (C=O) groups is 2. The van der Waals surface area contributed by atoms with Gasteiger partial charge in [-0.1, -0.05) is 11.3 Å². The Hall–Kier alpha value is -4.01. The molecule has 0 unspecified atom stereocenters. The van der Waals surface area contributed by atoms with Gasteiger partial charge in [0.05, 0.1) is 11.0 Å². The maximum Gasteiger partial charge on any atom is 0.443 e. The first-order valence-corrected chi connectivity index (χ1v) is 14.1. The number of amides is 2. The molecule has 0 bridgehead atoms. The number of nitrogens with zero attached hydrogens (tertiary/aromatic N) is 8. The number of aromatic amines is 1. The summed E-state index contributed by atoms with van der Waals surface area (Å²) in [7, 11) is 0. The van der Waals surface area contributed by atoms with E-state index >= 15 is 0 Å². The van der Waals surface area contributed by atoms with E-state index in [4.69, 9.17) is 0 Å². The Morgan fingerprint density at radius 3 is 2.61 bits per heavy atom. The van der Waals surface area contributed by atoms with Gasteiger partial charge in [0.15, 0.2) is 5.82 Å². The number of hydrogen-bond donors (Lipinski definition) is 1. The van der Waals surface area contributed by atoms with E-state index in [9.17, 15) is 22.8 Å². The highest BCUT2D eigenvalue weighted by molar-refractivity contribution is 7.16. The lowest BCUT2D eigenvalue weighted by Crippen LogP contribution is -2.54. The number of nitrogens with one attached hydrogen (secondary N) is 1. The molecule has 11 nitrogen and oxygen atoms in total. The predicted molar refractivity (Wildman–Crippen MR) is 147 cm³/mol. The molecule has 3 aromatic heterocycles. The molecule has 4 aromatic rings. The number of aryl methyl sites for hydroxylation is 2. The quantitative estimate of drug-likeness (QED) is 0.378. The van der Waals surface area contributed by atoms with E-state index in [-0.39, 0.29) is 35.9 Å². The molecular weight excluding hydrogens is 559 g/mol. The summed E-state index contributed by atoms with van der Waals surface area (Å²) < 4.78 is 43.0. The fourth-order valence-electron chi connectivity index (χ4n) is 5.44. The second-order valence-corrected chi connectivity index (χ2v) is 11.3. The Labute approximate surface area is 237 Å². The number of imidazole rings is 1. The topological polar surface area (TPSA) is 116 Å². The van der Waals surface area contributed by atoms with Crippen LogP contribution in [0.25, 0.3) is 22.6 Å². The van der Waals surface area contributed by atoms with Gasteiger partial charge >= 0.3 is 6.18 Å². The number of alkyl halides is 3. The number of thiazole rings is 1. The first-order chi connectivity index (χ1) is 19.5. The van der Waals surface area contributed by atoms with E-state index < -0.39 is 11.2 Å². The average molecular weight is 588 g/mol. The van der Waals surface area contributed by atoms with Crippen LogP contribution in [0, 0.1) is 13.8 Å². The van der Waals surface area contributed by atoms with E-state index in [1.54, 1.807) is 46.5 Å². The highest BCUT2D eigenvalue weighted by Crippen LogP contribution is 2.43. The highest BCUT2D eigenvalue weighted by Gasteiger charge is 2.39. The summed E-state index contributed by atoms with van der Waals surface area (Å²) in [6.45, 7) is 7.08. The van der Waals surface area contributed by atoms with E-state index in [1.165, 1.54) is 0 Å². The van der Waals surface area contributed by atoms with Crippen molar-refractivity contribution in [3.05, 3.63) is 34.9 Å². The molecule has 1 atom stereocenters. The number of halogens is 3. The van der Waals surface area contributed by atoms with Crippen LogP contribution in [0.4, 0.5) is 23.9 Å². The molecular formula is C26H28F3N9O2S. The van der Waals surface area contributed by atoms with Gasteiger partial charge in [-0.3, -0.25) is 9.59 Å². The summed E-state index contributed by atoms with van der Waals surface area (Å²) in [6, 6.07) is 5.06. The summed E-state index contributed by atoms with van der Waals surface area (Å²) in [6.07, 6.45) is -3.35. The van der Waals surface area contributed by atoms with Crippen LogP contribution in [0.1, 0.15) is 36.4 Å². The number of carbonyl (C=O) groups excluding carboxylic acids is 2. The van der Waals surface area contributed by atoms with Crippen molar-refractivity contribution in [1.82, 2.24) is 34.6 Å². The minimum Gasteiger partial charge on any atom is -0.358 e. The summed E-state index contributed by atoms with van der Waals surface area (Å²) in [4.78, 5) is 46.4. The number of aromatic nitrogens is 6. The average Bonchev–Trinajstić information content (AvgIpc) is 3.69. The first kappa shape index (κ1) is 27.2. The van der Waals surface area contributed by atoms with Crippen LogP contribution in [-0.4, -0.2) is 78.7 Å². The van der Waals surface area contributed by atoms with Gasteiger partial charge in [0, 0.05) is 44.3 Å². The second-order valence-electron chi connectivity index (χ2n) is 10.4. The van der Waals surface area contributed by atoms with Gasteiger partial charge in [-0.05, 0) is 45.4 Å². The zero-order valence-corrected chi connectivity index (χ0v) is 23.5. The molecule has 0 aliphatic carbocycles. The van der Waals surface area contributed by atoms with Gasteiger partial charge in [0.1, 0.15) is 28.9 Å². The van der Waals surface area contributed by atoms with E-state index in [2.05, 4.69) is 25.0 Å². The molecule has 6 rings (SSSR count). The third kappa shape index (κ3) is 5.13. The van der Waals surface area contributed by atoms with E-state index in [1.807, 2.05) is 11.8 Å². The lowest BCUT2D eigenvalue weighted by atomic mass is 10.2. The normalized spacial score (nSPS) is 18.2. The van der Waals surface area contributed by atoms with Crippen molar-refractivity contribution in [3.63, 3.8) is 0 Å². The van der Waals surface area contributed by atoms with Gasteiger partial charge in [0.25, 0.3) is 0 Å². The Balaban J connectivity index is 1.27. The number of benzene rings is 1. The van der Waals surface area contributed by atoms with Crippen molar-refractivity contribution in [2.75, 3.05) is 36.0 Å². The molecule has 1 N–H and O–H groups in total. The van der Waals surface area contributed by atoms with Crippen molar-refractivity contribution in [2.24, 2.45) is 0 Å². The predicted octanol–water partition coefficient (Wildman–Crippen LogP) is 3.78. The van der Waals surface area contributed by atoms with Crippen LogP contribution in [-0.2, 0) is 22.3 Å². The van der Waals surface area contributed by atoms with Crippen molar-refractivity contribution in [2.45, 2.75) is 52.4 Å². The molecule has 0 saturated carbocycles. The Bertz CT molecular complexity index is 1640. The van der Waals surface area contributed by atoms with Gasteiger partial charge < -0.3 is 19.7 Å². The zero-order chi connectivity index (χ0) is 29.1. The molecule has 1 aromatic carbocycles. The molecule has 0 radical (unpaired) electrons. The largest absolute Gasteiger partial charge is 0.443 e. The molecule has 0 spiro atoms. The number of fused-ring (bicyclic) bond motifs is 1. The van der Waals surface area contributed by atoms with Crippen molar-refractivity contribution < 1.29 is 22.8 Å². The Kier molecular flexibility index (Phi) is 6.71. The van der Waals surface area contributed by atoms with Crippen molar-refractivity contribution in [3.8, 4) is 11.5 Å². The number of hydrogen-bond acceptors (Lipinski definition) is 8. The van der Waals surface area contributed by atoms with Gasteiger partial charge in [-0.2, -0.15) is 18.3 Å². The molecule has 2 aliphatic rings. The van der Waals surface area contributed by atoms with Crippen LogP contribution >= 0.6 is 11.3 Å².